The molecule has 0 atom stereocenters. The van der Waals surface area contributed by atoms with Gasteiger partial charge in [-0.1, -0.05) is 20.8 Å². The Morgan fingerprint density at radius 2 is 2.16 bits per heavy atom. The van der Waals surface area contributed by atoms with Crippen LogP contribution < -0.4 is 5.32 Å². The van der Waals surface area contributed by atoms with Crippen molar-refractivity contribution in [2.45, 2.75) is 53.2 Å². The summed E-state index contributed by atoms with van der Waals surface area (Å²) in [7, 11) is 0. The molecule has 2 rings (SSSR count). The second kappa shape index (κ2) is 6.02. The van der Waals surface area contributed by atoms with Crippen LogP contribution in [0.25, 0.3) is 11.5 Å². The third kappa shape index (κ3) is 3.23. The van der Waals surface area contributed by atoms with Gasteiger partial charge in [-0.3, -0.25) is 4.68 Å². The summed E-state index contributed by atoms with van der Waals surface area (Å²) in [4.78, 5) is 4.30. The first-order valence-electron chi connectivity index (χ1n) is 6.89. The predicted octanol–water partition coefficient (Wildman–Crippen LogP) is 2.62. The molecule has 0 radical (unpaired) electrons. The van der Waals surface area contributed by atoms with Gasteiger partial charge >= 0.3 is 0 Å². The summed E-state index contributed by atoms with van der Waals surface area (Å²) in [5.41, 5.74) is 2.08. The molecule has 104 valence electrons. The lowest BCUT2D eigenvalue weighted by Gasteiger charge is -2.04. The highest BCUT2D eigenvalue weighted by atomic mass is 16.4. The zero-order chi connectivity index (χ0) is 13.8. The minimum absolute atomic E-state index is 0.420. The molecule has 0 bridgehead atoms. The number of hydrogen-bond donors (Lipinski definition) is 1. The molecule has 2 aromatic rings. The summed E-state index contributed by atoms with van der Waals surface area (Å²) in [6.07, 6.45) is 2.70. The fraction of sp³-hybridized carbons (Fsp3) is 0.571. The smallest absolute Gasteiger partial charge is 0.208 e. The molecule has 0 saturated carbocycles. The van der Waals surface area contributed by atoms with E-state index in [0.717, 1.165) is 30.1 Å². The van der Waals surface area contributed by atoms with E-state index in [9.17, 15) is 0 Å². The van der Waals surface area contributed by atoms with Crippen LogP contribution in [-0.2, 0) is 19.5 Å². The third-order valence-electron chi connectivity index (χ3n) is 2.96. The normalized spacial score (nSPS) is 11.4. The molecular formula is C14H22N4O. The number of rotatable bonds is 6. The Hall–Kier alpha value is -1.62. The van der Waals surface area contributed by atoms with Gasteiger partial charge in [0.15, 0.2) is 5.76 Å². The Morgan fingerprint density at radius 1 is 1.37 bits per heavy atom. The average Bonchev–Trinajstić information content (AvgIpc) is 3.02. The Morgan fingerprint density at radius 3 is 2.79 bits per heavy atom. The van der Waals surface area contributed by atoms with Crippen LogP contribution >= 0.6 is 0 Å². The van der Waals surface area contributed by atoms with Crippen molar-refractivity contribution in [1.29, 1.82) is 0 Å². The van der Waals surface area contributed by atoms with Crippen LogP contribution in [0.1, 0.15) is 39.3 Å². The van der Waals surface area contributed by atoms with Crippen LogP contribution in [0.15, 0.2) is 16.7 Å². The molecule has 2 heterocycles. The van der Waals surface area contributed by atoms with Crippen molar-refractivity contribution in [1.82, 2.24) is 20.1 Å². The van der Waals surface area contributed by atoms with Crippen molar-refractivity contribution < 1.29 is 4.42 Å². The Bertz CT molecular complexity index is 527. The van der Waals surface area contributed by atoms with Crippen LogP contribution in [0, 0.1) is 0 Å². The van der Waals surface area contributed by atoms with Gasteiger partial charge in [0.05, 0.1) is 18.4 Å². The van der Waals surface area contributed by atoms with E-state index in [4.69, 9.17) is 4.42 Å². The van der Waals surface area contributed by atoms with Gasteiger partial charge in [0.1, 0.15) is 5.69 Å². The largest absolute Gasteiger partial charge is 0.438 e. The molecule has 0 aliphatic heterocycles. The van der Waals surface area contributed by atoms with Crippen LogP contribution in [0.3, 0.4) is 0 Å². The lowest BCUT2D eigenvalue weighted by molar-refractivity contribution is 0.455. The van der Waals surface area contributed by atoms with Crippen molar-refractivity contribution in [2.24, 2.45) is 0 Å². The molecule has 1 N–H and O–H groups in total. The molecule has 0 unspecified atom stereocenters. The fourth-order valence-corrected chi connectivity index (χ4v) is 1.88. The number of aromatic nitrogens is 3. The molecule has 0 aromatic carbocycles. The van der Waals surface area contributed by atoms with Crippen molar-refractivity contribution in [3.63, 3.8) is 0 Å². The molecule has 0 saturated heterocycles. The van der Waals surface area contributed by atoms with E-state index >= 15 is 0 Å². The Labute approximate surface area is 114 Å². The molecule has 2 aromatic heterocycles. The number of hydrogen-bond acceptors (Lipinski definition) is 4. The number of oxazole rings is 1. The van der Waals surface area contributed by atoms with Gasteiger partial charge in [0.25, 0.3) is 0 Å². The molecule has 19 heavy (non-hydrogen) atoms. The first kappa shape index (κ1) is 13.8. The van der Waals surface area contributed by atoms with Gasteiger partial charge in [-0.15, -0.1) is 0 Å². The minimum atomic E-state index is 0.420. The summed E-state index contributed by atoms with van der Waals surface area (Å²) < 4.78 is 7.74. The third-order valence-corrected chi connectivity index (χ3v) is 2.96. The number of nitrogens with zero attached hydrogens (tertiary/aromatic N) is 3. The molecule has 5 nitrogen and oxygen atoms in total. The van der Waals surface area contributed by atoms with Crippen molar-refractivity contribution in [3.8, 4) is 11.5 Å². The topological polar surface area (TPSA) is 55.9 Å². The fourth-order valence-electron chi connectivity index (χ4n) is 1.88. The van der Waals surface area contributed by atoms with Crippen molar-refractivity contribution in [3.05, 3.63) is 23.8 Å². The van der Waals surface area contributed by atoms with Crippen LogP contribution in [-0.4, -0.2) is 20.8 Å². The summed E-state index contributed by atoms with van der Waals surface area (Å²) in [6.45, 7) is 9.86. The Balaban J connectivity index is 2.19. The van der Waals surface area contributed by atoms with Gasteiger partial charge in [0, 0.05) is 12.6 Å². The predicted molar refractivity (Wildman–Crippen MR) is 74.8 cm³/mol. The maximum Gasteiger partial charge on any atom is 0.208 e. The molecule has 0 amide bonds. The number of nitrogens with one attached hydrogen (secondary N) is 1. The summed E-state index contributed by atoms with van der Waals surface area (Å²) in [6, 6.07) is 2.49. The summed E-state index contributed by atoms with van der Waals surface area (Å²) in [5, 5.41) is 7.81. The maximum absolute atomic E-state index is 5.79. The van der Waals surface area contributed by atoms with E-state index in [1.54, 1.807) is 6.20 Å². The van der Waals surface area contributed by atoms with E-state index in [1.807, 2.05) is 4.68 Å². The van der Waals surface area contributed by atoms with Gasteiger partial charge < -0.3 is 9.73 Å². The monoisotopic (exact) mass is 262 g/mol. The lowest BCUT2D eigenvalue weighted by Crippen LogP contribution is -2.21. The summed E-state index contributed by atoms with van der Waals surface area (Å²) >= 11 is 0. The molecular weight excluding hydrogens is 240 g/mol. The van der Waals surface area contributed by atoms with Gasteiger partial charge in [-0.25, -0.2) is 4.98 Å². The van der Waals surface area contributed by atoms with Crippen molar-refractivity contribution >= 4 is 0 Å². The van der Waals surface area contributed by atoms with E-state index in [1.165, 1.54) is 0 Å². The zero-order valence-corrected chi connectivity index (χ0v) is 12.1. The first-order chi connectivity index (χ1) is 9.13. The van der Waals surface area contributed by atoms with Gasteiger partial charge in [-0.05, 0) is 19.4 Å². The standard InChI is InChI=1S/C14H22N4O/c1-5-11-7-12(18(6-2)17-11)13-8-16-14(19-13)9-15-10(3)4/h7-8,10,15H,5-6,9H2,1-4H3. The van der Waals surface area contributed by atoms with Crippen molar-refractivity contribution in [2.75, 3.05) is 0 Å². The highest BCUT2D eigenvalue weighted by Crippen LogP contribution is 2.22. The van der Waals surface area contributed by atoms with E-state index in [-0.39, 0.29) is 0 Å². The molecule has 0 aliphatic rings. The molecule has 0 spiro atoms. The van der Waals surface area contributed by atoms with E-state index < -0.39 is 0 Å². The summed E-state index contributed by atoms with van der Waals surface area (Å²) in [5.74, 6) is 1.50. The number of aryl methyl sites for hydroxylation is 2. The van der Waals surface area contributed by atoms with Gasteiger partial charge in [0.2, 0.25) is 5.89 Å². The van der Waals surface area contributed by atoms with Crippen LogP contribution in [0.5, 0.6) is 0 Å². The van der Waals surface area contributed by atoms with Crippen LogP contribution in [0.2, 0.25) is 0 Å². The zero-order valence-electron chi connectivity index (χ0n) is 12.1. The molecule has 0 aliphatic carbocycles. The van der Waals surface area contributed by atoms with E-state index in [0.29, 0.717) is 18.5 Å². The minimum Gasteiger partial charge on any atom is -0.438 e. The van der Waals surface area contributed by atoms with Gasteiger partial charge in [-0.2, -0.15) is 5.10 Å². The quantitative estimate of drug-likeness (QED) is 0.869. The molecule has 5 heteroatoms. The Kier molecular flexibility index (Phi) is 4.37. The average molecular weight is 262 g/mol. The SMILES string of the molecule is CCc1cc(-c2cnc(CNC(C)C)o2)n(CC)n1. The second-order valence-corrected chi connectivity index (χ2v) is 4.84. The lowest BCUT2D eigenvalue weighted by atomic mass is 10.3. The highest BCUT2D eigenvalue weighted by Gasteiger charge is 2.13. The van der Waals surface area contributed by atoms with Crippen LogP contribution in [0.4, 0.5) is 0 Å². The second-order valence-electron chi connectivity index (χ2n) is 4.84. The highest BCUT2D eigenvalue weighted by molar-refractivity contribution is 5.52. The van der Waals surface area contributed by atoms with E-state index in [2.05, 4.69) is 49.2 Å². The first-order valence-corrected chi connectivity index (χ1v) is 6.89. The molecule has 0 fully saturated rings. The maximum atomic E-state index is 5.79.